The molecule has 2 heterocycles. The number of amides is 1. The molecule has 0 saturated carbocycles. The summed E-state index contributed by atoms with van der Waals surface area (Å²) in [6.45, 7) is 8.03. The van der Waals surface area contributed by atoms with Gasteiger partial charge in [-0.2, -0.15) is 4.98 Å². The van der Waals surface area contributed by atoms with Gasteiger partial charge in [-0.05, 0) is 32.9 Å². The minimum Gasteiger partial charge on any atom is -0.490 e. The van der Waals surface area contributed by atoms with Crippen LogP contribution in [0.3, 0.4) is 0 Å². The van der Waals surface area contributed by atoms with Crippen molar-refractivity contribution in [2.24, 2.45) is 0 Å². The Morgan fingerprint density at radius 2 is 1.68 bits per heavy atom. The van der Waals surface area contributed by atoms with E-state index in [1.54, 1.807) is 17.0 Å². The predicted molar refractivity (Wildman–Crippen MR) is 113 cm³/mol. The molecule has 9 heteroatoms. The van der Waals surface area contributed by atoms with E-state index in [1.165, 1.54) is 19.5 Å². The van der Waals surface area contributed by atoms with E-state index in [1.807, 2.05) is 20.8 Å². The Morgan fingerprint density at radius 1 is 1.03 bits per heavy atom. The number of benzene rings is 1. The van der Waals surface area contributed by atoms with Crippen molar-refractivity contribution in [3.8, 4) is 29.0 Å². The van der Waals surface area contributed by atoms with Crippen molar-refractivity contribution >= 4 is 5.91 Å². The molecule has 0 radical (unpaired) electrons. The summed E-state index contributed by atoms with van der Waals surface area (Å²) >= 11 is 0. The van der Waals surface area contributed by atoms with Crippen molar-refractivity contribution in [3.05, 3.63) is 30.1 Å². The first-order valence-electron chi connectivity index (χ1n) is 10.5. The molecule has 1 fully saturated rings. The van der Waals surface area contributed by atoms with Crippen LogP contribution < -0.4 is 23.7 Å². The maximum atomic E-state index is 13.2. The largest absolute Gasteiger partial charge is 0.490 e. The third-order valence-electron chi connectivity index (χ3n) is 4.68. The molecule has 168 valence electrons. The van der Waals surface area contributed by atoms with Gasteiger partial charge in [0.05, 0.1) is 45.9 Å². The summed E-state index contributed by atoms with van der Waals surface area (Å²) in [5.74, 6) is 2.14. The number of rotatable bonds is 10. The molecule has 0 N–H and O–H groups in total. The summed E-state index contributed by atoms with van der Waals surface area (Å²) in [5.41, 5.74) is 0.483. The Bertz CT molecular complexity index is 864. The van der Waals surface area contributed by atoms with Crippen LogP contribution in [-0.4, -0.2) is 66.9 Å². The zero-order chi connectivity index (χ0) is 22.2. The highest BCUT2D eigenvalue weighted by atomic mass is 16.5. The molecule has 1 amide bonds. The van der Waals surface area contributed by atoms with Crippen molar-refractivity contribution in [3.63, 3.8) is 0 Å². The molecule has 0 aliphatic carbocycles. The monoisotopic (exact) mass is 431 g/mol. The Balaban J connectivity index is 1.75. The molecule has 0 spiro atoms. The van der Waals surface area contributed by atoms with Crippen molar-refractivity contribution in [2.45, 2.75) is 33.3 Å². The first-order valence-corrected chi connectivity index (χ1v) is 10.5. The van der Waals surface area contributed by atoms with E-state index in [0.29, 0.717) is 73.9 Å². The lowest BCUT2D eigenvalue weighted by molar-refractivity contribution is 0.0769. The van der Waals surface area contributed by atoms with Gasteiger partial charge in [0.2, 0.25) is 17.5 Å². The van der Waals surface area contributed by atoms with Crippen molar-refractivity contribution in [1.82, 2.24) is 14.9 Å². The minimum absolute atomic E-state index is 0.118. The highest BCUT2D eigenvalue weighted by Crippen LogP contribution is 2.39. The van der Waals surface area contributed by atoms with Gasteiger partial charge in [0.25, 0.3) is 5.91 Å². The summed E-state index contributed by atoms with van der Waals surface area (Å²) in [4.78, 5) is 23.2. The van der Waals surface area contributed by atoms with E-state index >= 15 is 0 Å². The molecule has 2 aromatic rings. The average Bonchev–Trinajstić information content (AvgIpc) is 3.24. The third kappa shape index (κ3) is 5.48. The second kappa shape index (κ2) is 10.7. The van der Waals surface area contributed by atoms with Gasteiger partial charge in [-0.1, -0.05) is 0 Å². The number of methoxy groups -OCH3 is 1. The highest BCUT2D eigenvalue weighted by Gasteiger charge is 2.30. The lowest BCUT2D eigenvalue weighted by Crippen LogP contribution is -2.31. The van der Waals surface area contributed by atoms with Crippen LogP contribution in [0.15, 0.2) is 24.5 Å². The van der Waals surface area contributed by atoms with E-state index in [-0.39, 0.29) is 12.0 Å². The molecule has 1 unspecified atom stereocenters. The van der Waals surface area contributed by atoms with Crippen LogP contribution in [0.2, 0.25) is 0 Å². The van der Waals surface area contributed by atoms with Gasteiger partial charge in [0, 0.05) is 18.5 Å². The summed E-state index contributed by atoms with van der Waals surface area (Å²) in [6, 6.07) is 3.42. The number of nitrogens with zero attached hydrogens (tertiary/aromatic N) is 3. The highest BCUT2D eigenvalue weighted by molar-refractivity contribution is 5.96. The third-order valence-corrected chi connectivity index (χ3v) is 4.68. The van der Waals surface area contributed by atoms with E-state index in [0.717, 1.165) is 0 Å². The standard InChI is InChI=1S/C22H29N3O6/c1-5-28-17-10-15(11-18(29-6-2)21(17)30-7-3)22(26)25-9-8-16(14-25)31-20-13-23-12-19(24-20)27-4/h10-13,16H,5-9,14H2,1-4H3. The van der Waals surface area contributed by atoms with Crippen LogP contribution >= 0.6 is 0 Å². The maximum absolute atomic E-state index is 13.2. The molecular formula is C22H29N3O6. The quantitative estimate of drug-likeness (QED) is 0.567. The van der Waals surface area contributed by atoms with E-state index in [9.17, 15) is 4.79 Å². The van der Waals surface area contributed by atoms with Crippen LogP contribution in [0.5, 0.6) is 29.0 Å². The first kappa shape index (κ1) is 22.5. The molecule has 1 aliphatic rings. The molecule has 9 nitrogen and oxygen atoms in total. The first-order chi connectivity index (χ1) is 15.1. The van der Waals surface area contributed by atoms with Gasteiger partial charge in [-0.15, -0.1) is 0 Å². The van der Waals surface area contributed by atoms with Crippen molar-refractivity contribution < 1.29 is 28.5 Å². The molecule has 3 rings (SSSR count). The minimum atomic E-state index is -0.175. The number of hydrogen-bond acceptors (Lipinski definition) is 8. The SMILES string of the molecule is CCOc1cc(C(=O)N2CCC(Oc3cncc(OC)n3)C2)cc(OCC)c1OCC. The van der Waals surface area contributed by atoms with E-state index < -0.39 is 0 Å². The van der Waals surface area contributed by atoms with Crippen LogP contribution in [0, 0.1) is 0 Å². The molecule has 31 heavy (non-hydrogen) atoms. The van der Waals surface area contributed by atoms with Gasteiger partial charge < -0.3 is 28.6 Å². The molecule has 1 saturated heterocycles. The zero-order valence-corrected chi connectivity index (χ0v) is 18.4. The van der Waals surface area contributed by atoms with E-state index in [2.05, 4.69) is 9.97 Å². The normalized spacial score (nSPS) is 15.5. The van der Waals surface area contributed by atoms with Crippen LogP contribution in [-0.2, 0) is 0 Å². The Labute approximate surface area is 182 Å². The fourth-order valence-electron chi connectivity index (χ4n) is 3.36. The predicted octanol–water partition coefficient (Wildman–Crippen LogP) is 2.97. The molecular weight excluding hydrogens is 402 g/mol. The van der Waals surface area contributed by atoms with Crippen molar-refractivity contribution in [2.75, 3.05) is 40.0 Å². The zero-order valence-electron chi connectivity index (χ0n) is 18.4. The lowest BCUT2D eigenvalue weighted by Gasteiger charge is -2.20. The number of ether oxygens (including phenoxy) is 5. The van der Waals surface area contributed by atoms with Crippen LogP contribution in [0.25, 0.3) is 0 Å². The summed E-state index contributed by atoms with van der Waals surface area (Å²) in [5, 5.41) is 0. The summed E-state index contributed by atoms with van der Waals surface area (Å²) in [7, 11) is 1.52. The number of carbonyl (C=O) groups is 1. The lowest BCUT2D eigenvalue weighted by atomic mass is 10.1. The number of hydrogen-bond donors (Lipinski definition) is 0. The van der Waals surface area contributed by atoms with Crippen LogP contribution in [0.1, 0.15) is 37.6 Å². The fourth-order valence-corrected chi connectivity index (χ4v) is 3.36. The Hall–Kier alpha value is -3.23. The van der Waals surface area contributed by atoms with Crippen LogP contribution in [0.4, 0.5) is 0 Å². The molecule has 1 aromatic heterocycles. The maximum Gasteiger partial charge on any atom is 0.254 e. The van der Waals surface area contributed by atoms with Gasteiger partial charge in [-0.3, -0.25) is 9.78 Å². The Morgan fingerprint density at radius 3 is 2.29 bits per heavy atom. The fraction of sp³-hybridized carbons (Fsp3) is 0.500. The van der Waals surface area contributed by atoms with Gasteiger partial charge >= 0.3 is 0 Å². The summed E-state index contributed by atoms with van der Waals surface area (Å²) in [6.07, 6.45) is 3.56. The number of aromatic nitrogens is 2. The summed E-state index contributed by atoms with van der Waals surface area (Å²) < 4.78 is 28.1. The van der Waals surface area contributed by atoms with Gasteiger partial charge in [0.15, 0.2) is 11.5 Å². The van der Waals surface area contributed by atoms with Gasteiger partial charge in [-0.25, -0.2) is 0 Å². The molecule has 1 aromatic carbocycles. The van der Waals surface area contributed by atoms with Gasteiger partial charge in [0.1, 0.15) is 6.10 Å². The van der Waals surface area contributed by atoms with E-state index in [4.69, 9.17) is 23.7 Å². The number of likely N-dealkylation sites (tertiary alicyclic amines) is 1. The Kier molecular flexibility index (Phi) is 7.75. The molecule has 0 bridgehead atoms. The van der Waals surface area contributed by atoms with Crippen molar-refractivity contribution in [1.29, 1.82) is 0 Å². The smallest absolute Gasteiger partial charge is 0.254 e. The number of carbonyl (C=O) groups excluding carboxylic acids is 1. The average molecular weight is 431 g/mol. The second-order valence-electron chi connectivity index (χ2n) is 6.78. The topological polar surface area (TPSA) is 92.2 Å². The molecule has 1 aliphatic heterocycles. The molecule has 1 atom stereocenters. The second-order valence-corrected chi connectivity index (χ2v) is 6.78.